The summed E-state index contributed by atoms with van der Waals surface area (Å²) in [6.07, 6.45) is 0. The van der Waals surface area contributed by atoms with Crippen LogP contribution in [-0.4, -0.2) is 30.1 Å². The van der Waals surface area contributed by atoms with E-state index in [1.54, 1.807) is 0 Å². The molecule has 2 atom stereocenters. The van der Waals surface area contributed by atoms with Crippen molar-refractivity contribution in [2.24, 2.45) is 0 Å². The van der Waals surface area contributed by atoms with Crippen molar-refractivity contribution in [1.29, 1.82) is 0 Å². The van der Waals surface area contributed by atoms with Gasteiger partial charge in [0.25, 0.3) is 0 Å². The first kappa shape index (κ1) is 13.2. The predicted octanol–water partition coefficient (Wildman–Crippen LogP) is 3.18. The van der Waals surface area contributed by atoms with E-state index in [1.807, 2.05) is 18.2 Å². The first-order valence-electron chi connectivity index (χ1n) is 5.97. The summed E-state index contributed by atoms with van der Waals surface area (Å²) in [4.78, 5) is 2.47. The van der Waals surface area contributed by atoms with E-state index in [0.717, 1.165) is 19.6 Å². The third-order valence-corrected chi connectivity index (χ3v) is 4.00. The summed E-state index contributed by atoms with van der Waals surface area (Å²) in [6.45, 7) is 7.51. The van der Waals surface area contributed by atoms with Crippen molar-refractivity contribution < 1.29 is 0 Å². The maximum Gasteiger partial charge on any atom is 0.0595 e. The van der Waals surface area contributed by atoms with Crippen LogP contribution in [0.1, 0.15) is 19.4 Å². The number of piperazine rings is 1. The molecule has 2 rings (SSSR count). The van der Waals surface area contributed by atoms with E-state index in [1.165, 1.54) is 5.56 Å². The van der Waals surface area contributed by atoms with Crippen molar-refractivity contribution in [3.05, 3.63) is 33.8 Å². The van der Waals surface area contributed by atoms with Gasteiger partial charge in [-0.25, -0.2) is 0 Å². The Kier molecular flexibility index (Phi) is 4.31. The molecule has 0 aromatic heterocycles. The minimum absolute atomic E-state index is 0.550. The van der Waals surface area contributed by atoms with E-state index >= 15 is 0 Å². The number of halogens is 2. The second-order valence-corrected chi connectivity index (χ2v) is 5.65. The van der Waals surface area contributed by atoms with Crippen molar-refractivity contribution in [1.82, 2.24) is 10.2 Å². The quantitative estimate of drug-likeness (QED) is 0.890. The van der Waals surface area contributed by atoms with Crippen molar-refractivity contribution in [2.45, 2.75) is 32.5 Å². The maximum absolute atomic E-state index is 6.03. The molecule has 1 aromatic carbocycles. The SMILES string of the molecule is CC1CN(Cc2ccc(Cl)c(Cl)c2)C(C)CN1. The summed E-state index contributed by atoms with van der Waals surface area (Å²) >= 11 is 12.0. The Balaban J connectivity index is 2.06. The van der Waals surface area contributed by atoms with Crippen LogP contribution in [0.15, 0.2) is 18.2 Å². The fourth-order valence-electron chi connectivity index (χ4n) is 2.19. The van der Waals surface area contributed by atoms with Gasteiger partial charge in [0.15, 0.2) is 0 Å². The molecule has 1 heterocycles. The summed E-state index contributed by atoms with van der Waals surface area (Å²) in [5.41, 5.74) is 1.22. The molecule has 1 fully saturated rings. The minimum atomic E-state index is 0.550. The Morgan fingerprint density at radius 2 is 2.06 bits per heavy atom. The molecule has 2 unspecified atom stereocenters. The van der Waals surface area contributed by atoms with Crippen LogP contribution in [0.3, 0.4) is 0 Å². The number of rotatable bonds is 2. The van der Waals surface area contributed by atoms with Gasteiger partial charge in [0.2, 0.25) is 0 Å². The first-order valence-corrected chi connectivity index (χ1v) is 6.73. The van der Waals surface area contributed by atoms with E-state index in [4.69, 9.17) is 23.2 Å². The second-order valence-electron chi connectivity index (χ2n) is 4.84. The van der Waals surface area contributed by atoms with Gasteiger partial charge < -0.3 is 5.32 Å². The highest BCUT2D eigenvalue weighted by Crippen LogP contribution is 2.24. The highest BCUT2D eigenvalue weighted by Gasteiger charge is 2.22. The Hall–Kier alpha value is -0.280. The largest absolute Gasteiger partial charge is 0.311 e. The van der Waals surface area contributed by atoms with Gasteiger partial charge in [-0.15, -0.1) is 0 Å². The summed E-state index contributed by atoms with van der Waals surface area (Å²) in [5.74, 6) is 0. The van der Waals surface area contributed by atoms with Crippen LogP contribution >= 0.6 is 23.2 Å². The van der Waals surface area contributed by atoms with Crippen molar-refractivity contribution in [2.75, 3.05) is 13.1 Å². The van der Waals surface area contributed by atoms with E-state index in [9.17, 15) is 0 Å². The van der Waals surface area contributed by atoms with E-state index in [2.05, 4.69) is 24.1 Å². The van der Waals surface area contributed by atoms with Gasteiger partial charge in [-0.1, -0.05) is 29.3 Å². The standard InChI is InChI=1S/C13H18Cl2N2/c1-9-7-17(10(2)6-16-9)8-11-3-4-12(14)13(15)5-11/h3-5,9-10,16H,6-8H2,1-2H3. The van der Waals surface area contributed by atoms with Crippen LogP contribution in [0, 0.1) is 0 Å². The molecule has 0 saturated carbocycles. The molecular formula is C13H18Cl2N2. The van der Waals surface area contributed by atoms with E-state index in [0.29, 0.717) is 22.1 Å². The average Bonchev–Trinajstić information content (AvgIpc) is 2.29. The van der Waals surface area contributed by atoms with Gasteiger partial charge in [-0.3, -0.25) is 4.90 Å². The van der Waals surface area contributed by atoms with Crippen molar-refractivity contribution in [3.63, 3.8) is 0 Å². The monoisotopic (exact) mass is 272 g/mol. The highest BCUT2D eigenvalue weighted by molar-refractivity contribution is 6.42. The lowest BCUT2D eigenvalue weighted by Crippen LogP contribution is -2.53. The zero-order valence-corrected chi connectivity index (χ0v) is 11.7. The molecular weight excluding hydrogens is 255 g/mol. The molecule has 1 aromatic rings. The van der Waals surface area contributed by atoms with Gasteiger partial charge in [0, 0.05) is 31.7 Å². The molecule has 1 aliphatic heterocycles. The Morgan fingerprint density at radius 1 is 1.29 bits per heavy atom. The Morgan fingerprint density at radius 3 is 2.76 bits per heavy atom. The fourth-order valence-corrected chi connectivity index (χ4v) is 2.51. The minimum Gasteiger partial charge on any atom is -0.311 e. The van der Waals surface area contributed by atoms with Gasteiger partial charge in [0.1, 0.15) is 0 Å². The third kappa shape index (κ3) is 3.35. The van der Waals surface area contributed by atoms with Crippen LogP contribution in [0.4, 0.5) is 0 Å². The normalized spacial score (nSPS) is 26.1. The highest BCUT2D eigenvalue weighted by atomic mass is 35.5. The van der Waals surface area contributed by atoms with Gasteiger partial charge in [-0.05, 0) is 31.5 Å². The number of nitrogens with one attached hydrogen (secondary N) is 1. The predicted molar refractivity (Wildman–Crippen MR) is 73.8 cm³/mol. The lowest BCUT2D eigenvalue weighted by atomic mass is 10.1. The number of hydrogen-bond donors (Lipinski definition) is 1. The maximum atomic E-state index is 6.03. The van der Waals surface area contributed by atoms with Gasteiger partial charge >= 0.3 is 0 Å². The molecule has 1 aliphatic rings. The molecule has 1 N–H and O–H groups in total. The summed E-state index contributed by atoms with van der Waals surface area (Å²) in [6, 6.07) is 6.99. The van der Waals surface area contributed by atoms with Crippen LogP contribution in [0.5, 0.6) is 0 Å². The van der Waals surface area contributed by atoms with Crippen molar-refractivity contribution >= 4 is 23.2 Å². The number of hydrogen-bond acceptors (Lipinski definition) is 2. The second kappa shape index (κ2) is 5.57. The van der Waals surface area contributed by atoms with E-state index in [-0.39, 0.29) is 0 Å². The van der Waals surface area contributed by atoms with Crippen LogP contribution in [0.25, 0.3) is 0 Å². The van der Waals surface area contributed by atoms with E-state index < -0.39 is 0 Å². The zero-order chi connectivity index (χ0) is 12.4. The molecule has 0 bridgehead atoms. The van der Waals surface area contributed by atoms with Crippen LogP contribution in [0.2, 0.25) is 10.0 Å². The lowest BCUT2D eigenvalue weighted by Gasteiger charge is -2.37. The number of nitrogens with zero attached hydrogens (tertiary/aromatic N) is 1. The summed E-state index contributed by atoms with van der Waals surface area (Å²) in [7, 11) is 0. The molecule has 0 amide bonds. The molecule has 1 saturated heterocycles. The summed E-state index contributed by atoms with van der Waals surface area (Å²) < 4.78 is 0. The smallest absolute Gasteiger partial charge is 0.0595 e. The van der Waals surface area contributed by atoms with Crippen molar-refractivity contribution in [3.8, 4) is 0 Å². The molecule has 17 heavy (non-hydrogen) atoms. The zero-order valence-electron chi connectivity index (χ0n) is 10.2. The number of benzene rings is 1. The van der Waals surface area contributed by atoms with Gasteiger partial charge in [-0.2, -0.15) is 0 Å². The van der Waals surface area contributed by atoms with Gasteiger partial charge in [0.05, 0.1) is 10.0 Å². The lowest BCUT2D eigenvalue weighted by molar-refractivity contribution is 0.139. The fraction of sp³-hybridized carbons (Fsp3) is 0.538. The Bertz CT molecular complexity index is 395. The molecule has 2 nitrogen and oxygen atoms in total. The third-order valence-electron chi connectivity index (χ3n) is 3.26. The average molecular weight is 273 g/mol. The topological polar surface area (TPSA) is 15.3 Å². The molecule has 0 spiro atoms. The molecule has 0 radical (unpaired) electrons. The molecule has 4 heteroatoms. The molecule has 94 valence electrons. The van der Waals surface area contributed by atoms with Crippen LogP contribution < -0.4 is 5.32 Å². The summed E-state index contributed by atoms with van der Waals surface area (Å²) in [5, 5.41) is 4.74. The van der Waals surface area contributed by atoms with Crippen LogP contribution in [-0.2, 0) is 6.54 Å². The Labute approximate surface area is 113 Å². The first-order chi connectivity index (χ1) is 8.06. The molecule has 0 aliphatic carbocycles.